The predicted molar refractivity (Wildman–Crippen MR) is 108 cm³/mol. The summed E-state index contributed by atoms with van der Waals surface area (Å²) in [5.41, 5.74) is 0.669. The Morgan fingerprint density at radius 2 is 1.93 bits per heavy atom. The molecule has 1 amide bonds. The minimum Gasteiger partial charge on any atom is -0.495 e. The summed E-state index contributed by atoms with van der Waals surface area (Å²) in [4.78, 5) is 21.5. The number of carbonyl (C=O) groups excluding carboxylic acids is 1. The fraction of sp³-hybridized carbons (Fsp3) is 0.474. The first-order chi connectivity index (χ1) is 13.5. The number of nitrogens with zero attached hydrogens (tertiary/aromatic N) is 3. The third-order valence-electron chi connectivity index (χ3n) is 4.22. The van der Waals surface area contributed by atoms with Gasteiger partial charge in [-0.15, -0.1) is 0 Å². The highest BCUT2D eigenvalue weighted by Gasteiger charge is 2.27. The van der Waals surface area contributed by atoms with Crippen molar-refractivity contribution in [3.8, 4) is 11.5 Å². The molecule has 0 N–H and O–H groups in total. The fourth-order valence-electron chi connectivity index (χ4n) is 2.83. The summed E-state index contributed by atoms with van der Waals surface area (Å²) < 4.78 is 22.5. The van der Waals surface area contributed by atoms with E-state index >= 15 is 0 Å². The molecule has 1 aromatic heterocycles. The van der Waals surface area contributed by atoms with Crippen LogP contribution in [-0.4, -0.2) is 70.4 Å². The van der Waals surface area contributed by atoms with E-state index in [2.05, 4.69) is 9.88 Å². The summed E-state index contributed by atoms with van der Waals surface area (Å²) in [6.07, 6.45) is 2.16. The minimum absolute atomic E-state index is 0.189. The molecule has 0 saturated heterocycles. The van der Waals surface area contributed by atoms with Gasteiger partial charge in [0.25, 0.3) is 5.91 Å². The van der Waals surface area contributed by atoms with Crippen LogP contribution in [0.15, 0.2) is 24.2 Å². The van der Waals surface area contributed by atoms with Crippen LogP contribution >= 0.6 is 11.3 Å². The van der Waals surface area contributed by atoms with E-state index in [0.717, 1.165) is 17.7 Å². The largest absolute Gasteiger partial charge is 0.495 e. The van der Waals surface area contributed by atoms with Crippen LogP contribution in [0.3, 0.4) is 0 Å². The Bertz CT molecular complexity index is 824. The molecule has 9 heteroatoms. The Kier molecular flexibility index (Phi) is 6.58. The lowest BCUT2D eigenvalue weighted by Crippen LogP contribution is -2.36. The molecule has 0 spiro atoms. The van der Waals surface area contributed by atoms with Gasteiger partial charge in [-0.3, -0.25) is 9.69 Å². The number of anilines is 1. The summed E-state index contributed by atoms with van der Waals surface area (Å²) in [6, 6.07) is 3.64. The molecule has 0 atom stereocenters. The normalized spacial score (nSPS) is 13.7. The Morgan fingerprint density at radius 1 is 1.18 bits per heavy atom. The van der Waals surface area contributed by atoms with Gasteiger partial charge in [0.15, 0.2) is 5.13 Å². The number of ether oxygens (including phenoxy) is 4. The topological polar surface area (TPSA) is 73.4 Å². The van der Waals surface area contributed by atoms with Crippen molar-refractivity contribution in [2.24, 2.45) is 0 Å². The highest BCUT2D eigenvalue weighted by atomic mass is 32.1. The monoisotopic (exact) mass is 407 g/mol. The van der Waals surface area contributed by atoms with Gasteiger partial charge in [-0.1, -0.05) is 11.3 Å². The lowest BCUT2D eigenvalue weighted by Gasteiger charge is -2.23. The number of rotatable bonds is 8. The Balaban J connectivity index is 1.98. The lowest BCUT2D eigenvalue weighted by molar-refractivity contribution is -0.119. The Labute approximate surface area is 168 Å². The zero-order valence-electron chi connectivity index (χ0n) is 16.6. The van der Waals surface area contributed by atoms with Gasteiger partial charge >= 0.3 is 0 Å². The molecule has 0 radical (unpaired) electrons. The molecule has 2 heterocycles. The highest BCUT2D eigenvalue weighted by Crippen LogP contribution is 2.40. The molecule has 28 heavy (non-hydrogen) atoms. The average Bonchev–Trinajstić information content (AvgIpc) is 3.15. The molecule has 2 aromatic rings. The van der Waals surface area contributed by atoms with Crippen molar-refractivity contribution in [2.75, 3.05) is 59.5 Å². The second-order valence-electron chi connectivity index (χ2n) is 6.46. The number of aromatic nitrogens is 1. The molecule has 0 fully saturated rings. The molecule has 3 rings (SSSR count). The summed E-state index contributed by atoms with van der Waals surface area (Å²) in [7, 11) is 7.21. The van der Waals surface area contributed by atoms with E-state index in [-0.39, 0.29) is 11.7 Å². The molecule has 0 aliphatic carbocycles. The summed E-state index contributed by atoms with van der Waals surface area (Å²) in [5, 5.41) is 0.566. The Hall–Kier alpha value is -2.52. The second-order valence-corrected chi connectivity index (χ2v) is 7.44. The number of carbonyl (C=O) groups is 1. The van der Waals surface area contributed by atoms with Crippen LogP contribution in [0.1, 0.15) is 6.42 Å². The van der Waals surface area contributed by atoms with Crippen LogP contribution in [0.25, 0.3) is 10.2 Å². The maximum Gasteiger partial charge on any atom is 0.298 e. The van der Waals surface area contributed by atoms with Crippen molar-refractivity contribution < 1.29 is 23.7 Å². The number of fused-ring (bicyclic) bond motifs is 1. The van der Waals surface area contributed by atoms with Crippen molar-refractivity contribution in [3.63, 3.8) is 0 Å². The SMILES string of the molecule is COc1ccc(OC)c2sc(N(CCCN(C)C)C(=O)C3=COCCO3)nc12. The van der Waals surface area contributed by atoms with E-state index < -0.39 is 0 Å². The molecular weight excluding hydrogens is 382 g/mol. The van der Waals surface area contributed by atoms with E-state index in [4.69, 9.17) is 18.9 Å². The van der Waals surface area contributed by atoms with Crippen LogP contribution in [0, 0.1) is 0 Å². The maximum atomic E-state index is 13.1. The molecule has 0 unspecified atom stereocenters. The van der Waals surface area contributed by atoms with Gasteiger partial charge in [0, 0.05) is 6.54 Å². The van der Waals surface area contributed by atoms with Crippen molar-refractivity contribution in [1.82, 2.24) is 9.88 Å². The Morgan fingerprint density at radius 3 is 2.57 bits per heavy atom. The molecule has 1 aliphatic heterocycles. The van der Waals surface area contributed by atoms with E-state index in [1.54, 1.807) is 19.1 Å². The van der Waals surface area contributed by atoms with Gasteiger partial charge in [0.1, 0.15) is 41.2 Å². The quantitative estimate of drug-likeness (QED) is 0.666. The van der Waals surface area contributed by atoms with Crippen LogP contribution in [-0.2, 0) is 14.3 Å². The first-order valence-corrected chi connectivity index (χ1v) is 9.79. The number of hydrogen-bond acceptors (Lipinski definition) is 8. The minimum atomic E-state index is -0.268. The summed E-state index contributed by atoms with van der Waals surface area (Å²) in [5.74, 6) is 1.25. The predicted octanol–water partition coefficient (Wildman–Crippen LogP) is 2.49. The van der Waals surface area contributed by atoms with Gasteiger partial charge in [-0.25, -0.2) is 4.98 Å². The van der Waals surface area contributed by atoms with E-state index in [1.165, 1.54) is 17.6 Å². The third-order valence-corrected chi connectivity index (χ3v) is 5.31. The number of benzene rings is 1. The number of amides is 1. The third kappa shape index (κ3) is 4.31. The zero-order chi connectivity index (χ0) is 20.1. The number of thiazole rings is 1. The van der Waals surface area contributed by atoms with Crippen molar-refractivity contribution in [2.45, 2.75) is 6.42 Å². The fourth-order valence-corrected chi connectivity index (χ4v) is 3.93. The van der Waals surface area contributed by atoms with Crippen molar-refractivity contribution in [1.29, 1.82) is 0 Å². The maximum absolute atomic E-state index is 13.1. The summed E-state index contributed by atoms with van der Waals surface area (Å²) in [6.45, 7) is 2.14. The molecule has 1 aliphatic rings. The number of hydrogen-bond donors (Lipinski definition) is 0. The van der Waals surface area contributed by atoms with E-state index in [1.807, 2.05) is 26.2 Å². The van der Waals surface area contributed by atoms with Gasteiger partial charge in [-0.05, 0) is 39.2 Å². The van der Waals surface area contributed by atoms with Gasteiger partial charge < -0.3 is 23.8 Å². The van der Waals surface area contributed by atoms with Gasteiger partial charge in [0.2, 0.25) is 5.76 Å². The molecular formula is C19H25N3O5S. The zero-order valence-corrected chi connectivity index (χ0v) is 17.4. The number of methoxy groups -OCH3 is 2. The van der Waals surface area contributed by atoms with Crippen LogP contribution in [0.2, 0.25) is 0 Å². The van der Waals surface area contributed by atoms with Crippen molar-refractivity contribution in [3.05, 3.63) is 24.2 Å². The standard InChI is InChI=1S/C19H25N3O5S/c1-21(2)8-5-9-22(18(23)15-12-26-10-11-27-15)19-20-16-13(24-3)6-7-14(25-4)17(16)28-19/h6-7,12H,5,8-11H2,1-4H3. The lowest BCUT2D eigenvalue weighted by atomic mass is 10.3. The van der Waals surface area contributed by atoms with E-state index in [0.29, 0.717) is 41.9 Å². The van der Waals surface area contributed by atoms with Crippen LogP contribution in [0.5, 0.6) is 11.5 Å². The average molecular weight is 407 g/mol. The van der Waals surface area contributed by atoms with Gasteiger partial charge in [-0.2, -0.15) is 0 Å². The molecule has 1 aromatic carbocycles. The highest BCUT2D eigenvalue weighted by molar-refractivity contribution is 7.22. The smallest absolute Gasteiger partial charge is 0.298 e. The molecule has 0 bridgehead atoms. The summed E-state index contributed by atoms with van der Waals surface area (Å²) >= 11 is 1.39. The van der Waals surface area contributed by atoms with Gasteiger partial charge in [0.05, 0.1) is 14.2 Å². The molecule has 152 valence electrons. The van der Waals surface area contributed by atoms with Crippen LogP contribution < -0.4 is 14.4 Å². The molecule has 0 saturated carbocycles. The second kappa shape index (κ2) is 9.11. The van der Waals surface area contributed by atoms with Crippen LogP contribution in [0.4, 0.5) is 5.13 Å². The van der Waals surface area contributed by atoms with Crippen molar-refractivity contribution >= 4 is 32.6 Å². The first kappa shape index (κ1) is 20.2. The first-order valence-electron chi connectivity index (χ1n) is 8.97. The van der Waals surface area contributed by atoms with E-state index in [9.17, 15) is 4.79 Å². The molecule has 8 nitrogen and oxygen atoms in total.